The SMILES string of the molecule is CS(=O)(=O)Nc1cc(Cl)cc(NC(=O)c2cnn(-c3ncc(OC4COC4)cc3OCc3cc(F)cc(F)c3)c2)c1. The van der Waals surface area contributed by atoms with Gasteiger partial charge in [-0.3, -0.25) is 9.52 Å². The van der Waals surface area contributed by atoms with Gasteiger partial charge in [0.25, 0.3) is 5.91 Å². The van der Waals surface area contributed by atoms with E-state index in [0.29, 0.717) is 19.0 Å². The molecule has 2 N–H and O–H groups in total. The molecule has 1 amide bonds. The van der Waals surface area contributed by atoms with E-state index in [-0.39, 0.29) is 51.8 Å². The minimum Gasteiger partial charge on any atom is -0.485 e. The number of ether oxygens (including phenoxy) is 3. The fourth-order valence-corrected chi connectivity index (χ4v) is 4.57. The van der Waals surface area contributed by atoms with Gasteiger partial charge in [-0.2, -0.15) is 5.10 Å². The Kier molecular flexibility index (Phi) is 8.06. The van der Waals surface area contributed by atoms with Crippen LogP contribution in [0, 0.1) is 11.6 Å². The van der Waals surface area contributed by atoms with E-state index in [1.807, 2.05) is 0 Å². The zero-order valence-electron chi connectivity index (χ0n) is 21.3. The summed E-state index contributed by atoms with van der Waals surface area (Å²) in [5.41, 5.74) is 0.798. The number of carbonyl (C=O) groups is 1. The van der Waals surface area contributed by atoms with Gasteiger partial charge in [-0.15, -0.1) is 0 Å². The number of rotatable bonds is 10. The molecule has 5 rings (SSSR count). The summed E-state index contributed by atoms with van der Waals surface area (Å²) in [6.45, 7) is 0.666. The van der Waals surface area contributed by atoms with Crippen molar-refractivity contribution in [2.24, 2.45) is 0 Å². The van der Waals surface area contributed by atoms with Crippen LogP contribution in [0.3, 0.4) is 0 Å². The molecule has 11 nitrogen and oxygen atoms in total. The van der Waals surface area contributed by atoms with Crippen LogP contribution in [0.15, 0.2) is 61.1 Å². The van der Waals surface area contributed by atoms with Crippen molar-refractivity contribution in [1.82, 2.24) is 14.8 Å². The number of nitrogens with zero attached hydrogens (tertiary/aromatic N) is 3. The lowest BCUT2D eigenvalue weighted by Gasteiger charge is -2.26. The quantitative estimate of drug-likeness (QED) is 0.275. The molecule has 1 fully saturated rings. The van der Waals surface area contributed by atoms with Crippen LogP contribution in [0.5, 0.6) is 11.5 Å². The van der Waals surface area contributed by atoms with Crippen LogP contribution in [0.1, 0.15) is 15.9 Å². The molecule has 2 aromatic heterocycles. The first-order chi connectivity index (χ1) is 19.5. The number of benzene rings is 2. The summed E-state index contributed by atoms with van der Waals surface area (Å²) in [7, 11) is -3.56. The van der Waals surface area contributed by atoms with Gasteiger partial charge in [0.1, 0.15) is 30.1 Å². The number of anilines is 2. The van der Waals surface area contributed by atoms with Gasteiger partial charge in [-0.1, -0.05) is 11.6 Å². The molecular weight excluding hydrogens is 584 g/mol. The summed E-state index contributed by atoms with van der Waals surface area (Å²) in [4.78, 5) is 17.3. The lowest BCUT2D eigenvalue weighted by molar-refractivity contribution is -0.0798. The Morgan fingerprint density at radius 2 is 1.83 bits per heavy atom. The normalized spacial score (nSPS) is 13.4. The van der Waals surface area contributed by atoms with Crippen molar-refractivity contribution in [3.05, 3.63) is 88.8 Å². The van der Waals surface area contributed by atoms with Crippen molar-refractivity contribution in [2.45, 2.75) is 12.7 Å². The fraction of sp³-hybridized carbons (Fsp3) is 0.192. The van der Waals surface area contributed by atoms with Gasteiger partial charge in [0.05, 0.1) is 43.1 Å². The van der Waals surface area contributed by atoms with E-state index in [1.54, 1.807) is 6.07 Å². The van der Waals surface area contributed by atoms with Crippen molar-refractivity contribution in [1.29, 1.82) is 0 Å². The van der Waals surface area contributed by atoms with Crippen molar-refractivity contribution in [3.63, 3.8) is 0 Å². The third kappa shape index (κ3) is 7.48. The van der Waals surface area contributed by atoms with Crippen LogP contribution in [0.25, 0.3) is 5.82 Å². The predicted octanol–water partition coefficient (Wildman–Crippen LogP) is 4.18. The molecule has 1 saturated heterocycles. The van der Waals surface area contributed by atoms with Crippen molar-refractivity contribution in [2.75, 3.05) is 29.5 Å². The zero-order chi connectivity index (χ0) is 29.1. The highest BCUT2D eigenvalue weighted by Gasteiger charge is 2.22. The van der Waals surface area contributed by atoms with E-state index in [2.05, 4.69) is 20.1 Å². The van der Waals surface area contributed by atoms with Crippen molar-refractivity contribution >= 4 is 38.9 Å². The topological polar surface area (TPSA) is 134 Å². The molecule has 3 heterocycles. The smallest absolute Gasteiger partial charge is 0.258 e. The highest BCUT2D eigenvalue weighted by Crippen LogP contribution is 2.29. The third-order valence-corrected chi connectivity index (χ3v) is 6.38. The van der Waals surface area contributed by atoms with Gasteiger partial charge in [0.15, 0.2) is 11.6 Å². The Labute approximate surface area is 238 Å². The molecule has 1 aliphatic heterocycles. The summed E-state index contributed by atoms with van der Waals surface area (Å²) in [5.74, 6) is -1.32. The van der Waals surface area contributed by atoms with Gasteiger partial charge in [0, 0.05) is 29.0 Å². The fourth-order valence-electron chi connectivity index (χ4n) is 3.79. The maximum absolute atomic E-state index is 13.7. The molecule has 0 unspecified atom stereocenters. The molecule has 2 aromatic carbocycles. The lowest BCUT2D eigenvalue weighted by Crippen LogP contribution is -2.38. The van der Waals surface area contributed by atoms with Crippen molar-refractivity contribution < 1.29 is 36.2 Å². The molecular formula is C26H22ClF2N5O6S. The van der Waals surface area contributed by atoms with Gasteiger partial charge in [-0.25, -0.2) is 26.9 Å². The Morgan fingerprint density at radius 1 is 1.10 bits per heavy atom. The number of hydrogen-bond acceptors (Lipinski definition) is 8. The lowest BCUT2D eigenvalue weighted by atomic mass is 10.2. The van der Waals surface area contributed by atoms with Gasteiger partial charge in [-0.05, 0) is 35.9 Å². The number of aromatic nitrogens is 3. The minimum atomic E-state index is -3.56. The van der Waals surface area contributed by atoms with E-state index in [1.165, 1.54) is 41.5 Å². The highest BCUT2D eigenvalue weighted by molar-refractivity contribution is 7.92. The molecule has 1 aliphatic rings. The monoisotopic (exact) mass is 605 g/mol. The predicted molar refractivity (Wildman–Crippen MR) is 145 cm³/mol. The first-order valence-electron chi connectivity index (χ1n) is 12.0. The number of amides is 1. The van der Waals surface area contributed by atoms with E-state index in [4.69, 9.17) is 25.8 Å². The average Bonchev–Trinajstić information content (AvgIpc) is 3.33. The summed E-state index contributed by atoms with van der Waals surface area (Å²) < 4.78 is 70.8. The summed E-state index contributed by atoms with van der Waals surface area (Å²) >= 11 is 6.07. The number of sulfonamides is 1. The second-order valence-electron chi connectivity index (χ2n) is 9.07. The van der Waals surface area contributed by atoms with Crippen LogP contribution in [0.2, 0.25) is 5.02 Å². The largest absolute Gasteiger partial charge is 0.485 e. The van der Waals surface area contributed by atoms with Crippen LogP contribution in [0.4, 0.5) is 20.2 Å². The molecule has 0 aliphatic carbocycles. The van der Waals surface area contributed by atoms with Gasteiger partial charge >= 0.3 is 0 Å². The standard InChI is InChI=1S/C26H22ClF2N5O6S/c1-41(36,37)33-21-5-17(27)4-20(7-21)32-26(35)16-9-31-34(11-16)25-24(8-22(10-30-25)40-23-13-38-14-23)39-12-15-2-18(28)6-19(29)3-15/h2-11,23,33H,12-14H2,1H3,(H,32,35). The highest BCUT2D eigenvalue weighted by atomic mass is 35.5. The third-order valence-electron chi connectivity index (χ3n) is 5.56. The summed E-state index contributed by atoms with van der Waals surface area (Å²) in [5, 5.41) is 7.05. The average molecular weight is 606 g/mol. The van der Waals surface area contributed by atoms with Crippen molar-refractivity contribution in [3.8, 4) is 17.3 Å². The molecule has 0 atom stereocenters. The number of nitrogens with one attached hydrogen (secondary N) is 2. The maximum atomic E-state index is 13.7. The van der Waals surface area contributed by atoms with E-state index >= 15 is 0 Å². The Morgan fingerprint density at radius 3 is 2.51 bits per heavy atom. The number of halogens is 3. The van der Waals surface area contributed by atoms with E-state index in [0.717, 1.165) is 24.5 Å². The molecule has 214 valence electrons. The van der Waals surface area contributed by atoms with E-state index < -0.39 is 27.6 Å². The molecule has 41 heavy (non-hydrogen) atoms. The van der Waals surface area contributed by atoms with Crippen LogP contribution < -0.4 is 19.5 Å². The first kappa shape index (κ1) is 28.3. The molecule has 0 saturated carbocycles. The second kappa shape index (κ2) is 11.7. The first-order valence-corrected chi connectivity index (χ1v) is 14.2. The molecule has 4 aromatic rings. The van der Waals surface area contributed by atoms with Crippen LogP contribution in [-0.2, 0) is 21.4 Å². The Hall–Kier alpha value is -4.27. The van der Waals surface area contributed by atoms with Gasteiger partial charge < -0.3 is 19.5 Å². The number of pyridine rings is 1. The van der Waals surface area contributed by atoms with Crippen LogP contribution in [-0.4, -0.2) is 54.7 Å². The van der Waals surface area contributed by atoms with Gasteiger partial charge in [0.2, 0.25) is 10.0 Å². The van der Waals surface area contributed by atoms with Crippen LogP contribution >= 0.6 is 11.6 Å². The molecule has 0 radical (unpaired) electrons. The molecule has 15 heteroatoms. The van der Waals surface area contributed by atoms with E-state index in [9.17, 15) is 22.0 Å². The Bertz CT molecular complexity index is 1690. The number of carbonyl (C=O) groups excluding carboxylic acids is 1. The maximum Gasteiger partial charge on any atom is 0.258 e. The number of hydrogen-bond donors (Lipinski definition) is 2. The minimum absolute atomic E-state index is 0.134. The zero-order valence-corrected chi connectivity index (χ0v) is 22.9. The Balaban J connectivity index is 1.37. The summed E-state index contributed by atoms with van der Waals surface area (Å²) in [6.07, 6.45) is 4.98. The summed E-state index contributed by atoms with van der Waals surface area (Å²) in [6, 6.07) is 8.86. The second-order valence-corrected chi connectivity index (χ2v) is 11.3. The molecule has 0 spiro atoms. The molecule has 0 bridgehead atoms.